The number of anilines is 1. The van der Waals surface area contributed by atoms with E-state index in [1.807, 2.05) is 26.8 Å². The summed E-state index contributed by atoms with van der Waals surface area (Å²) in [6, 6.07) is 3.64. The number of pyridine rings is 1. The largest absolute Gasteiger partial charge is 0.382 e. The van der Waals surface area contributed by atoms with Gasteiger partial charge in [-0.2, -0.15) is 0 Å². The molecule has 0 radical (unpaired) electrons. The summed E-state index contributed by atoms with van der Waals surface area (Å²) >= 11 is 0. The molecule has 5 nitrogen and oxygen atoms in total. The average Bonchev–Trinajstić information content (AvgIpc) is 2.44. The molecule has 0 aliphatic carbocycles. The van der Waals surface area contributed by atoms with Crippen molar-refractivity contribution in [1.82, 2.24) is 10.3 Å². The number of amides is 1. The van der Waals surface area contributed by atoms with Crippen LogP contribution in [0.1, 0.15) is 50.2 Å². The van der Waals surface area contributed by atoms with Crippen molar-refractivity contribution in [1.29, 1.82) is 0 Å². The Morgan fingerprint density at radius 3 is 2.62 bits per heavy atom. The van der Waals surface area contributed by atoms with Crippen LogP contribution in [-0.4, -0.2) is 36.7 Å². The van der Waals surface area contributed by atoms with E-state index in [0.717, 1.165) is 30.9 Å². The van der Waals surface area contributed by atoms with Gasteiger partial charge in [-0.25, -0.2) is 4.98 Å². The maximum absolute atomic E-state index is 12.4. The highest BCUT2D eigenvalue weighted by Gasteiger charge is 2.21. The van der Waals surface area contributed by atoms with Crippen molar-refractivity contribution >= 4 is 11.7 Å². The van der Waals surface area contributed by atoms with E-state index in [9.17, 15) is 4.79 Å². The van der Waals surface area contributed by atoms with E-state index in [1.165, 1.54) is 0 Å². The van der Waals surface area contributed by atoms with Gasteiger partial charge in [0, 0.05) is 24.9 Å². The molecule has 21 heavy (non-hydrogen) atoms. The van der Waals surface area contributed by atoms with Crippen molar-refractivity contribution in [2.24, 2.45) is 0 Å². The number of methoxy groups -OCH3 is 1. The van der Waals surface area contributed by atoms with Gasteiger partial charge in [-0.05, 0) is 38.8 Å². The van der Waals surface area contributed by atoms with Gasteiger partial charge in [-0.15, -0.1) is 0 Å². The second kappa shape index (κ2) is 7.98. The predicted octanol–water partition coefficient (Wildman–Crippen LogP) is 2.62. The second-order valence-electron chi connectivity index (χ2n) is 5.78. The van der Waals surface area contributed by atoms with Crippen molar-refractivity contribution in [3.05, 3.63) is 23.4 Å². The summed E-state index contributed by atoms with van der Waals surface area (Å²) in [4.78, 5) is 16.9. The third-order valence-electron chi connectivity index (χ3n) is 3.02. The average molecular weight is 293 g/mol. The van der Waals surface area contributed by atoms with E-state index < -0.39 is 5.54 Å². The number of rotatable bonds is 8. The number of nitrogens with one attached hydrogen (secondary N) is 2. The maximum Gasteiger partial charge on any atom is 0.251 e. The molecule has 1 rings (SSSR count). The summed E-state index contributed by atoms with van der Waals surface area (Å²) in [5.41, 5.74) is 1.13. The molecule has 1 aromatic rings. The molecule has 0 bridgehead atoms. The fourth-order valence-electron chi connectivity index (χ4n) is 2.02. The lowest BCUT2D eigenvalue weighted by Crippen LogP contribution is -2.46. The lowest BCUT2D eigenvalue weighted by atomic mass is 10.1. The van der Waals surface area contributed by atoms with Crippen LogP contribution in [0.25, 0.3) is 0 Å². The van der Waals surface area contributed by atoms with Gasteiger partial charge in [-0.1, -0.05) is 13.8 Å². The molecule has 0 aliphatic heterocycles. The van der Waals surface area contributed by atoms with Crippen LogP contribution in [0.4, 0.5) is 5.82 Å². The Labute approximate surface area is 127 Å². The van der Waals surface area contributed by atoms with Crippen LogP contribution in [0.5, 0.6) is 0 Å². The molecule has 0 unspecified atom stereocenters. The standard InChI is InChI=1S/C16H27N3O2/c1-6-8-17-14-10-12(9-13(7-2)18-14)15(20)19-16(3,4)11-21-5/h9-10H,6-8,11H2,1-5H3,(H,17,18)(H,19,20). The third-order valence-corrected chi connectivity index (χ3v) is 3.02. The molecular weight excluding hydrogens is 266 g/mol. The SMILES string of the molecule is CCCNc1cc(C(=O)NC(C)(C)COC)cc(CC)n1. The van der Waals surface area contributed by atoms with Crippen LogP contribution in [0, 0.1) is 0 Å². The molecule has 1 heterocycles. The highest BCUT2D eigenvalue weighted by Crippen LogP contribution is 2.13. The van der Waals surface area contributed by atoms with E-state index in [0.29, 0.717) is 12.2 Å². The first-order chi connectivity index (χ1) is 9.91. The minimum atomic E-state index is -0.404. The molecule has 1 amide bonds. The quantitative estimate of drug-likeness (QED) is 0.773. The summed E-state index contributed by atoms with van der Waals surface area (Å²) in [7, 11) is 1.63. The molecule has 0 atom stereocenters. The number of aryl methyl sites for hydroxylation is 1. The molecule has 0 spiro atoms. The van der Waals surface area contributed by atoms with Gasteiger partial charge < -0.3 is 15.4 Å². The number of aromatic nitrogens is 1. The number of hydrogen-bond donors (Lipinski definition) is 2. The zero-order valence-electron chi connectivity index (χ0n) is 13.7. The molecule has 2 N–H and O–H groups in total. The van der Waals surface area contributed by atoms with Crippen molar-refractivity contribution in [3.63, 3.8) is 0 Å². The van der Waals surface area contributed by atoms with Crippen LogP contribution in [0.3, 0.4) is 0 Å². The van der Waals surface area contributed by atoms with Crippen molar-refractivity contribution in [3.8, 4) is 0 Å². The van der Waals surface area contributed by atoms with Gasteiger partial charge in [0.15, 0.2) is 0 Å². The normalized spacial score (nSPS) is 11.3. The monoisotopic (exact) mass is 293 g/mol. The number of carbonyl (C=O) groups is 1. The minimum Gasteiger partial charge on any atom is -0.382 e. The summed E-state index contributed by atoms with van der Waals surface area (Å²) in [6.07, 6.45) is 1.81. The Hall–Kier alpha value is -1.62. The Balaban J connectivity index is 2.92. The van der Waals surface area contributed by atoms with E-state index in [1.54, 1.807) is 13.2 Å². The van der Waals surface area contributed by atoms with E-state index in [-0.39, 0.29) is 5.91 Å². The van der Waals surface area contributed by atoms with E-state index >= 15 is 0 Å². The zero-order chi connectivity index (χ0) is 15.9. The van der Waals surface area contributed by atoms with Gasteiger partial charge in [0.05, 0.1) is 12.1 Å². The topological polar surface area (TPSA) is 63.2 Å². The zero-order valence-corrected chi connectivity index (χ0v) is 13.7. The lowest BCUT2D eigenvalue weighted by Gasteiger charge is -2.25. The Kier molecular flexibility index (Phi) is 6.62. The molecule has 1 aromatic heterocycles. The van der Waals surface area contributed by atoms with E-state index in [2.05, 4.69) is 22.5 Å². The van der Waals surface area contributed by atoms with Crippen LogP contribution in [0.2, 0.25) is 0 Å². The predicted molar refractivity (Wildman–Crippen MR) is 85.8 cm³/mol. The first-order valence-corrected chi connectivity index (χ1v) is 7.48. The Morgan fingerprint density at radius 1 is 1.33 bits per heavy atom. The highest BCUT2D eigenvalue weighted by atomic mass is 16.5. The summed E-state index contributed by atoms with van der Waals surface area (Å²) in [6.45, 7) is 9.31. The fourth-order valence-corrected chi connectivity index (χ4v) is 2.02. The third kappa shape index (κ3) is 5.71. The first-order valence-electron chi connectivity index (χ1n) is 7.48. The van der Waals surface area contributed by atoms with Crippen molar-refractivity contribution < 1.29 is 9.53 Å². The summed E-state index contributed by atoms with van der Waals surface area (Å²) in [5.74, 6) is 0.652. The van der Waals surface area contributed by atoms with Gasteiger partial charge in [0.2, 0.25) is 0 Å². The first kappa shape index (κ1) is 17.4. The molecule has 0 saturated heterocycles. The smallest absolute Gasteiger partial charge is 0.251 e. The number of hydrogen-bond acceptors (Lipinski definition) is 4. The Morgan fingerprint density at radius 2 is 2.05 bits per heavy atom. The van der Waals surface area contributed by atoms with Crippen molar-refractivity contribution in [2.45, 2.75) is 46.1 Å². The highest BCUT2D eigenvalue weighted by molar-refractivity contribution is 5.95. The summed E-state index contributed by atoms with van der Waals surface area (Å²) < 4.78 is 5.13. The van der Waals surface area contributed by atoms with E-state index in [4.69, 9.17) is 4.74 Å². The molecule has 0 aromatic carbocycles. The second-order valence-corrected chi connectivity index (χ2v) is 5.78. The number of ether oxygens (including phenoxy) is 1. The van der Waals surface area contributed by atoms with Gasteiger partial charge in [-0.3, -0.25) is 4.79 Å². The van der Waals surface area contributed by atoms with Crippen LogP contribution in [-0.2, 0) is 11.2 Å². The van der Waals surface area contributed by atoms with Gasteiger partial charge in [0.1, 0.15) is 5.82 Å². The maximum atomic E-state index is 12.4. The molecule has 0 fully saturated rings. The number of nitrogens with zero attached hydrogens (tertiary/aromatic N) is 1. The molecular formula is C16H27N3O2. The molecule has 0 saturated carbocycles. The van der Waals surface area contributed by atoms with Crippen molar-refractivity contribution in [2.75, 3.05) is 25.6 Å². The Bertz CT molecular complexity index is 473. The van der Waals surface area contributed by atoms with Crippen LogP contribution >= 0.6 is 0 Å². The van der Waals surface area contributed by atoms with Gasteiger partial charge in [0.25, 0.3) is 5.91 Å². The molecule has 0 aliphatic rings. The lowest BCUT2D eigenvalue weighted by molar-refractivity contribution is 0.0820. The van der Waals surface area contributed by atoms with Crippen LogP contribution in [0.15, 0.2) is 12.1 Å². The fraction of sp³-hybridized carbons (Fsp3) is 0.625. The van der Waals surface area contributed by atoms with Crippen LogP contribution < -0.4 is 10.6 Å². The minimum absolute atomic E-state index is 0.103. The summed E-state index contributed by atoms with van der Waals surface area (Å²) in [5, 5.41) is 6.23. The molecule has 118 valence electrons. The van der Waals surface area contributed by atoms with Gasteiger partial charge >= 0.3 is 0 Å². The number of carbonyl (C=O) groups excluding carboxylic acids is 1. The molecule has 5 heteroatoms.